The standard InChI is InChI=1S/C18H18N2O/c1-21-18-9-5-14-4-8-17(10-15(14)11-18)20-16-6-2-13(12-19)3-7-16/h2-3,5-7,9,11,17,20H,4,8,10H2,1H3. The number of nitriles is 1. The van der Waals surface area contributed by atoms with Crippen molar-refractivity contribution in [3.05, 3.63) is 59.2 Å². The SMILES string of the molecule is COc1ccc2c(c1)CC(Nc1ccc(C#N)cc1)CC2. The van der Waals surface area contributed by atoms with Crippen LogP contribution in [0.2, 0.25) is 0 Å². The van der Waals surface area contributed by atoms with E-state index in [1.165, 1.54) is 11.1 Å². The zero-order valence-electron chi connectivity index (χ0n) is 12.1. The Bertz CT molecular complexity index is 671. The maximum Gasteiger partial charge on any atom is 0.119 e. The van der Waals surface area contributed by atoms with E-state index in [2.05, 4.69) is 23.5 Å². The molecule has 1 unspecified atom stereocenters. The Hall–Kier alpha value is -2.47. The van der Waals surface area contributed by atoms with Gasteiger partial charge in [-0.05, 0) is 66.8 Å². The van der Waals surface area contributed by atoms with E-state index in [1.807, 2.05) is 30.3 Å². The van der Waals surface area contributed by atoms with E-state index >= 15 is 0 Å². The number of nitrogens with one attached hydrogen (secondary N) is 1. The summed E-state index contributed by atoms with van der Waals surface area (Å²) >= 11 is 0. The van der Waals surface area contributed by atoms with Crippen molar-refractivity contribution in [2.45, 2.75) is 25.3 Å². The van der Waals surface area contributed by atoms with Gasteiger partial charge < -0.3 is 10.1 Å². The van der Waals surface area contributed by atoms with Crippen LogP contribution < -0.4 is 10.1 Å². The van der Waals surface area contributed by atoms with Crippen LogP contribution in [0.4, 0.5) is 5.69 Å². The van der Waals surface area contributed by atoms with Gasteiger partial charge >= 0.3 is 0 Å². The molecule has 0 aromatic heterocycles. The summed E-state index contributed by atoms with van der Waals surface area (Å²) in [6.07, 6.45) is 3.22. The Kier molecular flexibility index (Phi) is 3.79. The van der Waals surface area contributed by atoms with Crippen LogP contribution in [0.5, 0.6) is 5.75 Å². The maximum absolute atomic E-state index is 8.83. The lowest BCUT2D eigenvalue weighted by molar-refractivity contribution is 0.413. The number of nitrogens with zero attached hydrogens (tertiary/aromatic N) is 1. The average Bonchev–Trinajstić information content (AvgIpc) is 2.55. The van der Waals surface area contributed by atoms with E-state index in [1.54, 1.807) is 7.11 Å². The van der Waals surface area contributed by atoms with E-state index in [9.17, 15) is 0 Å². The van der Waals surface area contributed by atoms with Crippen molar-refractivity contribution < 1.29 is 4.74 Å². The molecule has 3 rings (SSSR count). The van der Waals surface area contributed by atoms with Gasteiger partial charge in [-0.2, -0.15) is 5.26 Å². The lowest BCUT2D eigenvalue weighted by Gasteiger charge is -2.26. The fraction of sp³-hybridized carbons (Fsp3) is 0.278. The van der Waals surface area contributed by atoms with Gasteiger partial charge in [0.1, 0.15) is 5.75 Å². The van der Waals surface area contributed by atoms with Crippen molar-refractivity contribution in [3.63, 3.8) is 0 Å². The zero-order chi connectivity index (χ0) is 14.7. The van der Waals surface area contributed by atoms with Crippen LogP contribution in [-0.2, 0) is 12.8 Å². The summed E-state index contributed by atoms with van der Waals surface area (Å²) < 4.78 is 5.31. The van der Waals surface area contributed by atoms with Crippen LogP contribution in [0.15, 0.2) is 42.5 Å². The molecule has 0 heterocycles. The minimum absolute atomic E-state index is 0.428. The maximum atomic E-state index is 8.83. The van der Waals surface area contributed by atoms with E-state index < -0.39 is 0 Å². The molecular weight excluding hydrogens is 260 g/mol. The molecule has 3 nitrogen and oxygen atoms in total. The van der Waals surface area contributed by atoms with Crippen LogP contribution in [0.1, 0.15) is 23.1 Å². The highest BCUT2D eigenvalue weighted by molar-refractivity contribution is 5.49. The molecule has 0 amide bonds. The fourth-order valence-electron chi connectivity index (χ4n) is 2.86. The number of methoxy groups -OCH3 is 1. The minimum atomic E-state index is 0.428. The number of hydrogen-bond donors (Lipinski definition) is 1. The number of fused-ring (bicyclic) bond motifs is 1. The predicted octanol–water partition coefficient (Wildman–Crippen LogP) is 3.54. The van der Waals surface area contributed by atoms with Gasteiger partial charge in [0.05, 0.1) is 18.7 Å². The number of benzene rings is 2. The molecule has 0 bridgehead atoms. The van der Waals surface area contributed by atoms with Gasteiger partial charge in [0, 0.05) is 11.7 Å². The highest BCUT2D eigenvalue weighted by atomic mass is 16.5. The number of anilines is 1. The smallest absolute Gasteiger partial charge is 0.119 e. The first-order valence-electron chi connectivity index (χ1n) is 7.21. The summed E-state index contributed by atoms with van der Waals surface area (Å²) in [6.45, 7) is 0. The molecule has 0 saturated heterocycles. The zero-order valence-corrected chi connectivity index (χ0v) is 12.1. The Morgan fingerprint density at radius 3 is 2.67 bits per heavy atom. The Morgan fingerprint density at radius 2 is 1.95 bits per heavy atom. The van der Waals surface area contributed by atoms with E-state index in [0.717, 1.165) is 30.7 Å². The van der Waals surface area contributed by atoms with E-state index in [4.69, 9.17) is 10.00 Å². The largest absolute Gasteiger partial charge is 0.497 e. The monoisotopic (exact) mass is 278 g/mol. The van der Waals surface area contributed by atoms with E-state index in [0.29, 0.717) is 11.6 Å². The third-order valence-corrected chi connectivity index (χ3v) is 4.03. The van der Waals surface area contributed by atoms with Gasteiger partial charge in [-0.25, -0.2) is 0 Å². The van der Waals surface area contributed by atoms with Crippen LogP contribution in [0.3, 0.4) is 0 Å². The summed E-state index contributed by atoms with van der Waals surface area (Å²) in [6, 6.07) is 16.6. The highest BCUT2D eigenvalue weighted by Gasteiger charge is 2.18. The molecule has 1 aliphatic carbocycles. The molecule has 1 aliphatic rings. The predicted molar refractivity (Wildman–Crippen MR) is 83.6 cm³/mol. The summed E-state index contributed by atoms with van der Waals surface area (Å²) in [5.41, 5.74) is 4.56. The van der Waals surface area contributed by atoms with Gasteiger partial charge in [0.25, 0.3) is 0 Å². The molecular formula is C18H18N2O. The second-order valence-electron chi connectivity index (χ2n) is 5.41. The van der Waals surface area contributed by atoms with Crippen molar-refractivity contribution in [1.82, 2.24) is 0 Å². The third kappa shape index (κ3) is 3.00. The Balaban J connectivity index is 1.71. The van der Waals surface area contributed by atoms with Gasteiger partial charge in [-0.15, -0.1) is 0 Å². The molecule has 1 N–H and O–H groups in total. The second-order valence-corrected chi connectivity index (χ2v) is 5.41. The molecule has 0 fully saturated rings. The van der Waals surface area contributed by atoms with Crippen molar-refractivity contribution in [2.24, 2.45) is 0 Å². The van der Waals surface area contributed by atoms with Crippen LogP contribution in [0, 0.1) is 11.3 Å². The number of aryl methyl sites for hydroxylation is 1. The van der Waals surface area contributed by atoms with Gasteiger partial charge in [-0.1, -0.05) is 6.07 Å². The number of rotatable bonds is 3. The van der Waals surface area contributed by atoms with Crippen LogP contribution in [0.25, 0.3) is 0 Å². The van der Waals surface area contributed by atoms with Crippen molar-refractivity contribution >= 4 is 5.69 Å². The summed E-state index contributed by atoms with van der Waals surface area (Å²) in [5.74, 6) is 0.924. The molecule has 3 heteroatoms. The van der Waals surface area contributed by atoms with Gasteiger partial charge in [-0.3, -0.25) is 0 Å². The summed E-state index contributed by atoms with van der Waals surface area (Å²) in [4.78, 5) is 0. The number of hydrogen-bond acceptors (Lipinski definition) is 3. The second kappa shape index (κ2) is 5.88. The fourth-order valence-corrected chi connectivity index (χ4v) is 2.86. The minimum Gasteiger partial charge on any atom is -0.497 e. The average molecular weight is 278 g/mol. The highest BCUT2D eigenvalue weighted by Crippen LogP contribution is 2.27. The quantitative estimate of drug-likeness (QED) is 0.934. The first-order chi connectivity index (χ1) is 10.3. The van der Waals surface area contributed by atoms with Gasteiger partial charge in [0.2, 0.25) is 0 Å². The van der Waals surface area contributed by atoms with Crippen LogP contribution in [-0.4, -0.2) is 13.2 Å². The summed E-state index contributed by atoms with van der Waals surface area (Å²) in [7, 11) is 1.71. The first kappa shape index (κ1) is 13.5. The van der Waals surface area contributed by atoms with Crippen LogP contribution >= 0.6 is 0 Å². The van der Waals surface area contributed by atoms with Crippen molar-refractivity contribution in [3.8, 4) is 11.8 Å². The summed E-state index contributed by atoms with van der Waals surface area (Å²) in [5, 5.41) is 12.4. The lowest BCUT2D eigenvalue weighted by Crippen LogP contribution is -2.27. The Morgan fingerprint density at radius 1 is 1.14 bits per heavy atom. The molecule has 21 heavy (non-hydrogen) atoms. The lowest BCUT2D eigenvalue weighted by atomic mass is 9.88. The third-order valence-electron chi connectivity index (χ3n) is 4.03. The first-order valence-corrected chi connectivity index (χ1v) is 7.21. The normalized spacial score (nSPS) is 16.7. The molecule has 1 atom stereocenters. The number of ether oxygens (including phenoxy) is 1. The molecule has 2 aromatic rings. The van der Waals surface area contributed by atoms with Crippen molar-refractivity contribution in [2.75, 3.05) is 12.4 Å². The molecule has 2 aromatic carbocycles. The topological polar surface area (TPSA) is 45.0 Å². The molecule has 0 saturated carbocycles. The Labute approximate surface area is 125 Å². The molecule has 106 valence electrons. The molecule has 0 radical (unpaired) electrons. The van der Waals surface area contributed by atoms with E-state index in [-0.39, 0.29) is 0 Å². The van der Waals surface area contributed by atoms with Gasteiger partial charge in [0.15, 0.2) is 0 Å². The van der Waals surface area contributed by atoms with Crippen molar-refractivity contribution in [1.29, 1.82) is 5.26 Å². The molecule has 0 spiro atoms. The molecule has 0 aliphatic heterocycles.